The van der Waals surface area contributed by atoms with Gasteiger partial charge in [0.25, 0.3) is 0 Å². The van der Waals surface area contributed by atoms with E-state index >= 15 is 0 Å². The Hall–Kier alpha value is -1.71. The maximum Gasteiger partial charge on any atom is 0.208 e. The van der Waals surface area contributed by atoms with Gasteiger partial charge in [-0.05, 0) is 13.0 Å². The molecule has 80 valence electrons. The molecule has 7 heteroatoms. The van der Waals surface area contributed by atoms with E-state index in [1.807, 2.05) is 6.07 Å². The molecule has 0 aliphatic heterocycles. The van der Waals surface area contributed by atoms with Crippen molar-refractivity contribution in [3.8, 4) is 6.07 Å². The minimum absolute atomic E-state index is 0.290. The summed E-state index contributed by atoms with van der Waals surface area (Å²) in [5.41, 5.74) is 0.375. The van der Waals surface area contributed by atoms with Gasteiger partial charge in [-0.3, -0.25) is 0 Å². The SMILES string of the molecule is Cc1nsc(Nc2nccc(C#N)c2Cl)n1. The van der Waals surface area contributed by atoms with Gasteiger partial charge in [-0.1, -0.05) is 11.6 Å². The van der Waals surface area contributed by atoms with Crippen molar-refractivity contribution in [2.24, 2.45) is 0 Å². The lowest BCUT2D eigenvalue weighted by atomic mass is 10.3. The van der Waals surface area contributed by atoms with Gasteiger partial charge >= 0.3 is 0 Å². The van der Waals surface area contributed by atoms with Gasteiger partial charge in [0, 0.05) is 17.7 Å². The van der Waals surface area contributed by atoms with Gasteiger partial charge in [0.15, 0.2) is 5.82 Å². The molecule has 5 nitrogen and oxygen atoms in total. The molecular weight excluding hydrogens is 246 g/mol. The minimum Gasteiger partial charge on any atom is -0.314 e. The predicted molar refractivity (Wildman–Crippen MR) is 61.9 cm³/mol. The Morgan fingerprint density at radius 3 is 3.00 bits per heavy atom. The van der Waals surface area contributed by atoms with Crippen LogP contribution in [0.5, 0.6) is 0 Å². The molecular formula is C9H6ClN5S. The van der Waals surface area contributed by atoms with E-state index < -0.39 is 0 Å². The number of aryl methyl sites for hydroxylation is 1. The summed E-state index contributed by atoms with van der Waals surface area (Å²) in [6.45, 7) is 1.79. The molecule has 2 heterocycles. The second kappa shape index (κ2) is 4.43. The first-order valence-electron chi connectivity index (χ1n) is 4.32. The molecule has 0 unspecified atom stereocenters. The van der Waals surface area contributed by atoms with Crippen LogP contribution in [-0.2, 0) is 0 Å². The zero-order valence-corrected chi connectivity index (χ0v) is 9.80. The smallest absolute Gasteiger partial charge is 0.208 e. The highest BCUT2D eigenvalue weighted by atomic mass is 35.5. The average molecular weight is 252 g/mol. The Balaban J connectivity index is 2.32. The van der Waals surface area contributed by atoms with Crippen molar-refractivity contribution in [2.45, 2.75) is 6.92 Å². The third kappa shape index (κ3) is 2.10. The Kier molecular flexibility index (Phi) is 2.99. The first-order chi connectivity index (χ1) is 7.70. The summed E-state index contributed by atoms with van der Waals surface area (Å²) in [6, 6.07) is 3.54. The summed E-state index contributed by atoms with van der Waals surface area (Å²) in [7, 11) is 0. The van der Waals surface area contributed by atoms with Gasteiger partial charge < -0.3 is 5.32 Å². The fraction of sp³-hybridized carbons (Fsp3) is 0.111. The molecule has 2 aromatic rings. The van der Waals surface area contributed by atoms with E-state index in [-0.39, 0.29) is 5.02 Å². The summed E-state index contributed by atoms with van der Waals surface area (Å²) in [5.74, 6) is 1.09. The number of nitrogens with zero attached hydrogens (tertiary/aromatic N) is 4. The minimum atomic E-state index is 0.290. The molecule has 2 aromatic heterocycles. The fourth-order valence-electron chi connectivity index (χ4n) is 1.07. The Labute approximate surface area is 101 Å². The Morgan fingerprint density at radius 1 is 1.56 bits per heavy atom. The van der Waals surface area contributed by atoms with Gasteiger partial charge in [0.05, 0.1) is 5.56 Å². The van der Waals surface area contributed by atoms with Crippen LogP contribution in [0.2, 0.25) is 5.02 Å². The number of nitrogens with one attached hydrogen (secondary N) is 1. The maximum atomic E-state index is 8.80. The zero-order chi connectivity index (χ0) is 11.5. The van der Waals surface area contributed by atoms with Crippen molar-refractivity contribution >= 4 is 34.1 Å². The third-order valence-electron chi connectivity index (χ3n) is 1.76. The summed E-state index contributed by atoms with van der Waals surface area (Å²) >= 11 is 7.19. The Bertz CT molecular complexity index is 559. The van der Waals surface area contributed by atoms with E-state index in [0.717, 1.165) is 0 Å². The standard InChI is InChI=1S/C9H6ClN5S/c1-5-13-9(16-15-5)14-8-7(10)6(4-11)2-3-12-8/h2-3H,1H3,(H,12,13,14,15). The van der Waals surface area contributed by atoms with Crippen LogP contribution < -0.4 is 5.32 Å². The van der Waals surface area contributed by atoms with Gasteiger partial charge in [-0.2, -0.15) is 9.64 Å². The van der Waals surface area contributed by atoms with Crippen molar-refractivity contribution in [3.63, 3.8) is 0 Å². The molecule has 16 heavy (non-hydrogen) atoms. The monoisotopic (exact) mass is 251 g/mol. The highest BCUT2D eigenvalue weighted by Gasteiger charge is 2.09. The van der Waals surface area contributed by atoms with Gasteiger partial charge in [-0.25, -0.2) is 9.97 Å². The van der Waals surface area contributed by atoms with Crippen molar-refractivity contribution < 1.29 is 0 Å². The van der Waals surface area contributed by atoms with Crippen LogP contribution in [-0.4, -0.2) is 14.3 Å². The van der Waals surface area contributed by atoms with E-state index in [9.17, 15) is 0 Å². The Morgan fingerprint density at radius 2 is 2.38 bits per heavy atom. The van der Waals surface area contributed by atoms with Crippen LogP contribution in [0.15, 0.2) is 12.3 Å². The number of pyridine rings is 1. The molecule has 0 atom stereocenters. The molecule has 0 aromatic carbocycles. The summed E-state index contributed by atoms with van der Waals surface area (Å²) in [6.07, 6.45) is 1.51. The van der Waals surface area contributed by atoms with Crippen molar-refractivity contribution in [2.75, 3.05) is 5.32 Å². The van der Waals surface area contributed by atoms with Crippen molar-refractivity contribution in [3.05, 3.63) is 28.7 Å². The fourth-order valence-corrected chi connectivity index (χ4v) is 1.84. The van der Waals surface area contributed by atoms with Crippen LogP contribution in [0.25, 0.3) is 0 Å². The lowest BCUT2D eigenvalue weighted by Crippen LogP contribution is -1.95. The number of aromatic nitrogens is 3. The maximum absolute atomic E-state index is 8.80. The quantitative estimate of drug-likeness (QED) is 0.888. The highest BCUT2D eigenvalue weighted by molar-refractivity contribution is 7.09. The van der Waals surface area contributed by atoms with Crippen LogP contribution in [0.4, 0.5) is 10.9 Å². The number of rotatable bonds is 2. The number of anilines is 2. The second-order valence-corrected chi connectivity index (χ2v) is 4.03. The van der Waals surface area contributed by atoms with E-state index in [2.05, 4.69) is 19.7 Å². The zero-order valence-electron chi connectivity index (χ0n) is 8.23. The summed E-state index contributed by atoms with van der Waals surface area (Å²) in [4.78, 5) is 8.15. The van der Waals surface area contributed by atoms with Crippen LogP contribution in [0.1, 0.15) is 11.4 Å². The predicted octanol–water partition coefficient (Wildman–Crippen LogP) is 2.51. The lowest BCUT2D eigenvalue weighted by Gasteiger charge is -2.03. The summed E-state index contributed by atoms with van der Waals surface area (Å²) < 4.78 is 4.02. The number of nitriles is 1. The molecule has 0 saturated heterocycles. The molecule has 0 bridgehead atoms. The van der Waals surface area contributed by atoms with Crippen molar-refractivity contribution in [1.82, 2.24) is 14.3 Å². The molecule has 0 saturated carbocycles. The van der Waals surface area contributed by atoms with Gasteiger partial charge in [-0.15, -0.1) is 0 Å². The van der Waals surface area contributed by atoms with Gasteiger partial charge in [0.1, 0.15) is 16.9 Å². The first kappa shape index (κ1) is 10.8. The molecule has 0 fully saturated rings. The molecule has 0 aliphatic carbocycles. The largest absolute Gasteiger partial charge is 0.314 e. The molecule has 1 N–H and O–H groups in total. The number of halogens is 1. The topological polar surface area (TPSA) is 74.5 Å². The van der Waals surface area contributed by atoms with E-state index in [4.69, 9.17) is 16.9 Å². The van der Waals surface area contributed by atoms with Crippen LogP contribution in [0.3, 0.4) is 0 Å². The van der Waals surface area contributed by atoms with Crippen LogP contribution in [0, 0.1) is 18.3 Å². The van der Waals surface area contributed by atoms with E-state index in [0.29, 0.717) is 22.3 Å². The number of hydrogen-bond donors (Lipinski definition) is 1. The van der Waals surface area contributed by atoms with Gasteiger partial charge in [0.2, 0.25) is 5.13 Å². The molecule has 2 rings (SSSR count). The third-order valence-corrected chi connectivity index (χ3v) is 2.87. The van der Waals surface area contributed by atoms with E-state index in [1.165, 1.54) is 17.7 Å². The molecule has 0 amide bonds. The lowest BCUT2D eigenvalue weighted by molar-refractivity contribution is 1.16. The number of hydrogen-bond acceptors (Lipinski definition) is 6. The van der Waals surface area contributed by atoms with Crippen LogP contribution >= 0.6 is 23.1 Å². The van der Waals surface area contributed by atoms with Crippen molar-refractivity contribution in [1.29, 1.82) is 5.26 Å². The first-order valence-corrected chi connectivity index (χ1v) is 5.48. The highest BCUT2D eigenvalue weighted by Crippen LogP contribution is 2.26. The molecule has 0 spiro atoms. The molecule has 0 aliphatic rings. The molecule has 0 radical (unpaired) electrons. The average Bonchev–Trinajstić information content (AvgIpc) is 2.67. The summed E-state index contributed by atoms with van der Waals surface area (Å²) in [5, 5.41) is 12.6. The second-order valence-electron chi connectivity index (χ2n) is 2.90. The normalized spacial score (nSPS) is 9.81. The van der Waals surface area contributed by atoms with E-state index in [1.54, 1.807) is 13.0 Å².